The monoisotopic (exact) mass is 233 g/mol. The van der Waals surface area contributed by atoms with E-state index in [1.54, 1.807) is 6.92 Å². The fourth-order valence-corrected chi connectivity index (χ4v) is 1.34. The molecule has 15 heavy (non-hydrogen) atoms. The van der Waals surface area contributed by atoms with E-state index in [4.69, 9.17) is 11.6 Å². The van der Waals surface area contributed by atoms with E-state index in [2.05, 4.69) is 5.32 Å². The van der Waals surface area contributed by atoms with Crippen molar-refractivity contribution >= 4 is 17.5 Å². The van der Waals surface area contributed by atoms with Crippen molar-refractivity contribution in [1.82, 2.24) is 5.32 Å². The minimum Gasteiger partial charge on any atom is -0.355 e. The van der Waals surface area contributed by atoms with Gasteiger partial charge in [-0.3, -0.25) is 4.79 Å². The Morgan fingerprint density at radius 1 is 1.40 bits per heavy atom. The predicted octanol–water partition coefficient (Wildman–Crippen LogP) is 2.38. The molecule has 0 heterocycles. The summed E-state index contributed by atoms with van der Waals surface area (Å²) >= 11 is 5.73. The zero-order valence-corrected chi connectivity index (χ0v) is 8.81. The van der Waals surface area contributed by atoms with Gasteiger partial charge in [0.15, 0.2) is 0 Å². The van der Waals surface area contributed by atoms with Crippen molar-refractivity contribution in [1.29, 1.82) is 0 Å². The number of alkyl halides is 1. The SMILES string of the molecule is CCNC(=O)C(Cl)c1cc(F)cc(F)c1. The Kier molecular flexibility index (Phi) is 4.03. The molecular weight excluding hydrogens is 224 g/mol. The lowest BCUT2D eigenvalue weighted by Crippen LogP contribution is -2.26. The van der Waals surface area contributed by atoms with E-state index >= 15 is 0 Å². The highest BCUT2D eigenvalue weighted by atomic mass is 35.5. The maximum Gasteiger partial charge on any atom is 0.242 e. The molecule has 0 aromatic heterocycles. The Balaban J connectivity index is 2.90. The Morgan fingerprint density at radius 2 is 1.93 bits per heavy atom. The molecular formula is C10H10ClF2NO. The van der Waals surface area contributed by atoms with E-state index < -0.39 is 22.9 Å². The molecule has 0 aliphatic carbocycles. The van der Waals surface area contributed by atoms with Gasteiger partial charge in [0.2, 0.25) is 5.91 Å². The average Bonchev–Trinajstić information content (AvgIpc) is 2.15. The standard InChI is InChI=1S/C10H10ClF2NO/c1-2-14-10(15)9(11)6-3-7(12)5-8(13)4-6/h3-5,9H,2H2,1H3,(H,14,15). The van der Waals surface area contributed by atoms with Crippen LogP contribution in [-0.2, 0) is 4.79 Å². The first kappa shape index (κ1) is 11.9. The van der Waals surface area contributed by atoms with E-state index in [1.165, 1.54) is 0 Å². The van der Waals surface area contributed by atoms with Crippen LogP contribution in [0.15, 0.2) is 18.2 Å². The molecule has 0 saturated heterocycles. The van der Waals surface area contributed by atoms with Crippen LogP contribution in [0.1, 0.15) is 17.9 Å². The first-order chi connectivity index (χ1) is 7.04. The van der Waals surface area contributed by atoms with Crippen LogP contribution in [-0.4, -0.2) is 12.5 Å². The zero-order valence-electron chi connectivity index (χ0n) is 8.06. The van der Waals surface area contributed by atoms with E-state index in [0.29, 0.717) is 6.54 Å². The van der Waals surface area contributed by atoms with Crippen molar-refractivity contribution < 1.29 is 13.6 Å². The molecule has 1 atom stereocenters. The Labute approximate surface area is 91.2 Å². The number of rotatable bonds is 3. The fourth-order valence-electron chi connectivity index (χ4n) is 1.14. The van der Waals surface area contributed by atoms with Crippen LogP contribution >= 0.6 is 11.6 Å². The number of carbonyl (C=O) groups is 1. The zero-order chi connectivity index (χ0) is 11.4. The van der Waals surface area contributed by atoms with Crippen molar-refractivity contribution in [2.24, 2.45) is 0 Å². The summed E-state index contributed by atoms with van der Waals surface area (Å²) in [5.41, 5.74) is 0.111. The smallest absolute Gasteiger partial charge is 0.242 e. The van der Waals surface area contributed by atoms with Crippen LogP contribution in [0.25, 0.3) is 0 Å². The van der Waals surface area contributed by atoms with Crippen molar-refractivity contribution in [3.05, 3.63) is 35.4 Å². The van der Waals surface area contributed by atoms with Gasteiger partial charge in [0.05, 0.1) is 0 Å². The van der Waals surface area contributed by atoms with Crippen molar-refractivity contribution in [3.8, 4) is 0 Å². The van der Waals surface area contributed by atoms with Crippen molar-refractivity contribution in [3.63, 3.8) is 0 Å². The van der Waals surface area contributed by atoms with Gasteiger partial charge in [-0.15, -0.1) is 11.6 Å². The number of hydrogen-bond donors (Lipinski definition) is 1. The molecule has 1 N–H and O–H groups in total. The molecule has 1 unspecified atom stereocenters. The van der Waals surface area contributed by atoms with E-state index in [-0.39, 0.29) is 5.56 Å². The highest BCUT2D eigenvalue weighted by molar-refractivity contribution is 6.30. The van der Waals surface area contributed by atoms with E-state index in [1.807, 2.05) is 0 Å². The lowest BCUT2D eigenvalue weighted by atomic mass is 10.1. The molecule has 5 heteroatoms. The molecule has 0 fully saturated rings. The van der Waals surface area contributed by atoms with Gasteiger partial charge in [-0.1, -0.05) is 0 Å². The quantitative estimate of drug-likeness (QED) is 0.798. The highest BCUT2D eigenvalue weighted by Crippen LogP contribution is 2.22. The summed E-state index contributed by atoms with van der Waals surface area (Å²) in [6, 6.07) is 2.80. The molecule has 1 aromatic carbocycles. The molecule has 1 aromatic rings. The van der Waals surface area contributed by atoms with Crippen molar-refractivity contribution in [2.45, 2.75) is 12.3 Å². The van der Waals surface area contributed by atoms with Gasteiger partial charge >= 0.3 is 0 Å². The fraction of sp³-hybridized carbons (Fsp3) is 0.300. The third kappa shape index (κ3) is 3.16. The molecule has 0 aliphatic rings. The second-order valence-corrected chi connectivity index (χ2v) is 3.40. The molecule has 0 saturated carbocycles. The highest BCUT2D eigenvalue weighted by Gasteiger charge is 2.18. The van der Waals surface area contributed by atoms with Gasteiger partial charge in [0.25, 0.3) is 0 Å². The summed E-state index contributed by atoms with van der Waals surface area (Å²) in [6.07, 6.45) is 0. The summed E-state index contributed by atoms with van der Waals surface area (Å²) in [5, 5.41) is 1.39. The Hall–Kier alpha value is -1.16. The topological polar surface area (TPSA) is 29.1 Å². The number of benzene rings is 1. The lowest BCUT2D eigenvalue weighted by molar-refractivity contribution is -0.120. The van der Waals surface area contributed by atoms with Crippen molar-refractivity contribution in [2.75, 3.05) is 6.54 Å². The number of hydrogen-bond acceptors (Lipinski definition) is 1. The van der Waals surface area contributed by atoms with E-state index in [9.17, 15) is 13.6 Å². The van der Waals surface area contributed by atoms with Crippen LogP contribution in [0.5, 0.6) is 0 Å². The Morgan fingerprint density at radius 3 is 2.40 bits per heavy atom. The molecule has 2 nitrogen and oxygen atoms in total. The van der Waals surface area contributed by atoms with Crippen LogP contribution < -0.4 is 5.32 Å². The van der Waals surface area contributed by atoms with Gasteiger partial charge in [0.1, 0.15) is 17.0 Å². The lowest BCUT2D eigenvalue weighted by Gasteiger charge is -2.09. The number of nitrogens with one attached hydrogen (secondary N) is 1. The van der Waals surface area contributed by atoms with Gasteiger partial charge < -0.3 is 5.32 Å². The van der Waals surface area contributed by atoms with Crippen LogP contribution in [0.4, 0.5) is 8.78 Å². The molecule has 1 rings (SSSR count). The van der Waals surface area contributed by atoms with Crippen LogP contribution in [0.2, 0.25) is 0 Å². The summed E-state index contributed by atoms with van der Waals surface area (Å²) in [4.78, 5) is 11.3. The third-order valence-corrected chi connectivity index (χ3v) is 2.21. The van der Waals surface area contributed by atoms with Gasteiger partial charge in [-0.05, 0) is 24.6 Å². The average molecular weight is 234 g/mol. The minimum atomic E-state index is -1.07. The number of likely N-dealkylation sites (N-methyl/N-ethyl adjacent to an activating group) is 1. The summed E-state index contributed by atoms with van der Waals surface area (Å²) in [5.74, 6) is -1.97. The van der Waals surface area contributed by atoms with E-state index in [0.717, 1.165) is 18.2 Å². The Bertz CT molecular complexity index is 350. The first-order valence-electron chi connectivity index (χ1n) is 4.42. The summed E-state index contributed by atoms with van der Waals surface area (Å²) in [7, 11) is 0. The maximum atomic E-state index is 12.8. The molecule has 0 radical (unpaired) electrons. The van der Waals surface area contributed by atoms with Crippen LogP contribution in [0.3, 0.4) is 0 Å². The second kappa shape index (κ2) is 5.07. The normalized spacial score (nSPS) is 12.3. The van der Waals surface area contributed by atoms with Gasteiger partial charge in [-0.25, -0.2) is 8.78 Å². The summed E-state index contributed by atoms with van der Waals surface area (Å²) in [6.45, 7) is 2.15. The maximum absolute atomic E-state index is 12.8. The molecule has 82 valence electrons. The molecule has 1 amide bonds. The second-order valence-electron chi connectivity index (χ2n) is 2.96. The predicted molar refractivity (Wildman–Crippen MR) is 53.6 cm³/mol. The largest absolute Gasteiger partial charge is 0.355 e. The number of carbonyl (C=O) groups excluding carboxylic acids is 1. The third-order valence-electron chi connectivity index (χ3n) is 1.76. The summed E-state index contributed by atoms with van der Waals surface area (Å²) < 4.78 is 25.6. The van der Waals surface area contributed by atoms with Crippen LogP contribution in [0, 0.1) is 11.6 Å². The molecule has 0 spiro atoms. The molecule has 0 bridgehead atoms. The minimum absolute atomic E-state index is 0.111. The first-order valence-corrected chi connectivity index (χ1v) is 4.86. The van der Waals surface area contributed by atoms with Gasteiger partial charge in [0, 0.05) is 12.6 Å². The molecule has 0 aliphatic heterocycles. The number of amides is 1. The number of halogens is 3. The van der Waals surface area contributed by atoms with Gasteiger partial charge in [-0.2, -0.15) is 0 Å².